The van der Waals surface area contributed by atoms with Crippen molar-refractivity contribution in [2.45, 2.75) is 12.8 Å². The number of benzene rings is 1. The lowest BCUT2D eigenvalue weighted by Gasteiger charge is -2.34. The number of fused-ring (bicyclic) bond motifs is 1. The molecule has 0 spiro atoms. The standard InChI is InChI=1S/C16H20FN5O3S/c1-26(24,25)21-7-10-3-2-4-22(8-10)16-12-5-13(17)11(15(18)23)6-14(12)19-9-20-16/h5-6,9-10,21H,2-4,7-8H2,1H3,(H2,18,23). The van der Waals surface area contributed by atoms with Crippen molar-refractivity contribution < 1.29 is 17.6 Å². The van der Waals surface area contributed by atoms with Gasteiger partial charge in [-0.15, -0.1) is 0 Å². The smallest absolute Gasteiger partial charge is 0.251 e. The lowest BCUT2D eigenvalue weighted by Crippen LogP contribution is -2.41. The van der Waals surface area contributed by atoms with Crippen molar-refractivity contribution in [2.75, 3.05) is 30.8 Å². The van der Waals surface area contributed by atoms with E-state index in [-0.39, 0.29) is 11.5 Å². The summed E-state index contributed by atoms with van der Waals surface area (Å²) in [5, 5.41) is 0.492. The van der Waals surface area contributed by atoms with Crippen LogP contribution >= 0.6 is 0 Å². The summed E-state index contributed by atoms with van der Waals surface area (Å²) in [5.74, 6) is -0.880. The number of carbonyl (C=O) groups is 1. The van der Waals surface area contributed by atoms with Crippen molar-refractivity contribution in [2.24, 2.45) is 11.7 Å². The van der Waals surface area contributed by atoms with Crippen LogP contribution in [-0.2, 0) is 10.0 Å². The van der Waals surface area contributed by atoms with Gasteiger partial charge in [0.15, 0.2) is 0 Å². The van der Waals surface area contributed by atoms with Crippen LogP contribution < -0.4 is 15.4 Å². The first-order chi connectivity index (χ1) is 12.2. The van der Waals surface area contributed by atoms with Gasteiger partial charge in [0.25, 0.3) is 5.91 Å². The first-order valence-electron chi connectivity index (χ1n) is 8.18. The molecule has 8 nitrogen and oxygen atoms in total. The Hall–Kier alpha value is -2.33. The number of carbonyl (C=O) groups excluding carboxylic acids is 1. The highest BCUT2D eigenvalue weighted by Crippen LogP contribution is 2.29. The van der Waals surface area contributed by atoms with E-state index in [2.05, 4.69) is 14.7 Å². The zero-order chi connectivity index (χ0) is 18.9. The summed E-state index contributed by atoms with van der Waals surface area (Å²) in [6.07, 6.45) is 4.25. The molecule has 1 atom stereocenters. The molecule has 140 valence electrons. The van der Waals surface area contributed by atoms with E-state index in [1.807, 2.05) is 4.90 Å². The second kappa shape index (κ2) is 7.12. The molecule has 0 saturated carbocycles. The van der Waals surface area contributed by atoms with Crippen LogP contribution in [0.2, 0.25) is 0 Å². The highest BCUT2D eigenvalue weighted by molar-refractivity contribution is 7.88. The SMILES string of the molecule is CS(=O)(=O)NCC1CCCN(c2ncnc3cc(C(N)=O)c(F)cc23)C1. The second-order valence-corrected chi connectivity index (χ2v) is 8.32. The predicted molar refractivity (Wildman–Crippen MR) is 95.8 cm³/mol. The fourth-order valence-electron chi connectivity index (χ4n) is 3.20. The summed E-state index contributed by atoms with van der Waals surface area (Å²) >= 11 is 0. The minimum Gasteiger partial charge on any atom is -0.366 e. The number of anilines is 1. The molecular formula is C16H20FN5O3S. The van der Waals surface area contributed by atoms with Gasteiger partial charge in [0.05, 0.1) is 17.3 Å². The highest BCUT2D eigenvalue weighted by atomic mass is 32.2. The summed E-state index contributed by atoms with van der Waals surface area (Å²) in [6, 6.07) is 2.55. The summed E-state index contributed by atoms with van der Waals surface area (Å²) < 4.78 is 39.3. The minimum absolute atomic E-state index is 0.123. The fourth-order valence-corrected chi connectivity index (χ4v) is 3.74. The lowest BCUT2D eigenvalue weighted by atomic mass is 9.98. The zero-order valence-electron chi connectivity index (χ0n) is 14.3. The number of halogens is 1. The van der Waals surface area contributed by atoms with E-state index < -0.39 is 21.7 Å². The van der Waals surface area contributed by atoms with Crippen LogP contribution in [0.3, 0.4) is 0 Å². The molecule has 1 aliphatic heterocycles. The number of nitrogens with one attached hydrogen (secondary N) is 1. The molecule has 0 bridgehead atoms. The van der Waals surface area contributed by atoms with E-state index in [0.717, 1.165) is 25.6 Å². The lowest BCUT2D eigenvalue weighted by molar-refractivity contribution is 0.0996. The Labute approximate surface area is 150 Å². The molecule has 10 heteroatoms. The topological polar surface area (TPSA) is 118 Å². The Morgan fingerprint density at radius 3 is 2.88 bits per heavy atom. The van der Waals surface area contributed by atoms with E-state index in [0.29, 0.717) is 29.8 Å². The number of nitrogens with zero attached hydrogens (tertiary/aromatic N) is 3. The number of sulfonamides is 1. The van der Waals surface area contributed by atoms with Gasteiger partial charge in [-0.1, -0.05) is 0 Å². The second-order valence-electron chi connectivity index (χ2n) is 6.49. The van der Waals surface area contributed by atoms with Gasteiger partial charge < -0.3 is 10.6 Å². The van der Waals surface area contributed by atoms with Crippen LogP contribution in [0.4, 0.5) is 10.2 Å². The molecule has 1 saturated heterocycles. The van der Waals surface area contributed by atoms with Gasteiger partial charge in [-0.05, 0) is 30.9 Å². The van der Waals surface area contributed by atoms with Crippen molar-refractivity contribution in [3.05, 3.63) is 29.8 Å². The number of nitrogens with two attached hydrogens (primary N) is 1. The first kappa shape index (κ1) is 18.5. The first-order valence-corrected chi connectivity index (χ1v) is 10.1. The molecule has 2 aromatic rings. The maximum absolute atomic E-state index is 14.2. The molecule has 3 N–H and O–H groups in total. The number of primary amides is 1. The van der Waals surface area contributed by atoms with Gasteiger partial charge in [0, 0.05) is 25.0 Å². The Morgan fingerprint density at radius 1 is 1.42 bits per heavy atom. The third-order valence-electron chi connectivity index (χ3n) is 4.42. The van der Waals surface area contributed by atoms with Crippen molar-refractivity contribution in [3.63, 3.8) is 0 Å². The molecule has 2 heterocycles. The van der Waals surface area contributed by atoms with E-state index in [1.54, 1.807) is 0 Å². The zero-order valence-corrected chi connectivity index (χ0v) is 15.1. The van der Waals surface area contributed by atoms with Crippen LogP contribution in [0.25, 0.3) is 10.9 Å². The van der Waals surface area contributed by atoms with E-state index in [1.165, 1.54) is 18.5 Å². The predicted octanol–water partition coefficient (Wildman–Crippen LogP) is 0.633. The Balaban J connectivity index is 1.89. The van der Waals surface area contributed by atoms with Crippen molar-refractivity contribution in [3.8, 4) is 0 Å². The molecule has 3 rings (SSSR count). The van der Waals surface area contributed by atoms with Crippen molar-refractivity contribution in [1.29, 1.82) is 0 Å². The van der Waals surface area contributed by atoms with Gasteiger partial charge in [-0.25, -0.2) is 27.5 Å². The van der Waals surface area contributed by atoms with Crippen molar-refractivity contribution >= 4 is 32.7 Å². The van der Waals surface area contributed by atoms with Gasteiger partial charge in [0.1, 0.15) is 18.0 Å². The number of hydrogen-bond acceptors (Lipinski definition) is 6. The van der Waals surface area contributed by atoms with Crippen LogP contribution in [-0.4, -0.2) is 50.2 Å². The third-order valence-corrected chi connectivity index (χ3v) is 5.11. The van der Waals surface area contributed by atoms with E-state index >= 15 is 0 Å². The fraction of sp³-hybridized carbons (Fsp3) is 0.438. The number of piperidine rings is 1. The average molecular weight is 381 g/mol. The van der Waals surface area contributed by atoms with Crippen LogP contribution in [0.15, 0.2) is 18.5 Å². The Kier molecular flexibility index (Phi) is 5.05. The monoisotopic (exact) mass is 381 g/mol. The normalized spacial score (nSPS) is 18.2. The van der Waals surface area contributed by atoms with Gasteiger partial charge in [-0.3, -0.25) is 4.79 Å². The maximum Gasteiger partial charge on any atom is 0.251 e. The molecule has 1 aliphatic rings. The molecule has 0 aliphatic carbocycles. The molecule has 0 radical (unpaired) electrons. The van der Waals surface area contributed by atoms with Gasteiger partial charge >= 0.3 is 0 Å². The highest BCUT2D eigenvalue weighted by Gasteiger charge is 2.24. The van der Waals surface area contributed by atoms with Crippen LogP contribution in [0, 0.1) is 11.7 Å². The summed E-state index contributed by atoms with van der Waals surface area (Å²) in [4.78, 5) is 21.7. The molecule has 1 aromatic heterocycles. The molecule has 1 unspecified atom stereocenters. The number of rotatable bonds is 5. The number of aromatic nitrogens is 2. The summed E-state index contributed by atoms with van der Waals surface area (Å²) in [6.45, 7) is 1.66. The average Bonchev–Trinajstić information content (AvgIpc) is 2.58. The maximum atomic E-state index is 14.2. The summed E-state index contributed by atoms with van der Waals surface area (Å²) in [7, 11) is -3.25. The molecule has 26 heavy (non-hydrogen) atoms. The number of amides is 1. The van der Waals surface area contributed by atoms with Gasteiger partial charge in [-0.2, -0.15) is 0 Å². The molecule has 1 fully saturated rings. The largest absolute Gasteiger partial charge is 0.366 e. The molecular weight excluding hydrogens is 361 g/mol. The van der Waals surface area contributed by atoms with Crippen LogP contribution in [0.1, 0.15) is 23.2 Å². The molecule has 1 aromatic carbocycles. The number of hydrogen-bond donors (Lipinski definition) is 2. The van der Waals surface area contributed by atoms with E-state index in [9.17, 15) is 17.6 Å². The third kappa shape index (κ3) is 4.07. The Bertz CT molecular complexity index is 950. The van der Waals surface area contributed by atoms with Gasteiger partial charge in [0.2, 0.25) is 10.0 Å². The summed E-state index contributed by atoms with van der Waals surface area (Å²) in [5.41, 5.74) is 5.40. The molecule has 1 amide bonds. The van der Waals surface area contributed by atoms with Crippen LogP contribution in [0.5, 0.6) is 0 Å². The van der Waals surface area contributed by atoms with Crippen molar-refractivity contribution in [1.82, 2.24) is 14.7 Å². The minimum atomic E-state index is -3.25. The quantitative estimate of drug-likeness (QED) is 0.784. The van der Waals surface area contributed by atoms with E-state index in [4.69, 9.17) is 5.73 Å². The Morgan fingerprint density at radius 2 is 2.19 bits per heavy atom.